The van der Waals surface area contributed by atoms with Crippen LogP contribution in [0, 0.1) is 0 Å². The molecule has 0 saturated heterocycles. The summed E-state index contributed by atoms with van der Waals surface area (Å²) in [6.45, 7) is 3.91. The third kappa shape index (κ3) is 2.69. The van der Waals surface area contributed by atoms with Gasteiger partial charge in [0.05, 0.1) is 5.60 Å². The molecule has 0 unspecified atom stereocenters. The Balaban J connectivity index is 3.42. The number of hydrogen-bond acceptors (Lipinski definition) is 3. The average Bonchev–Trinajstić information content (AvgIpc) is 2.33. The molecule has 0 spiro atoms. The first-order valence-electron chi connectivity index (χ1n) is 5.73. The summed E-state index contributed by atoms with van der Waals surface area (Å²) in [5.41, 5.74) is 7.46. The Labute approximate surface area is 111 Å². The molecule has 1 aromatic rings. The molecule has 4 heteroatoms. The molecule has 0 atom stereocenters. The van der Waals surface area contributed by atoms with Crippen LogP contribution in [0.1, 0.15) is 37.8 Å². The topological polar surface area (TPSA) is 58.6 Å². The van der Waals surface area contributed by atoms with Gasteiger partial charge in [0.1, 0.15) is 0 Å². The molecule has 0 aliphatic heterocycles. The van der Waals surface area contributed by atoms with E-state index in [1.807, 2.05) is 26.0 Å². The molecule has 0 radical (unpaired) electrons. The highest BCUT2D eigenvalue weighted by Gasteiger charge is 2.28. The van der Waals surface area contributed by atoms with Crippen LogP contribution in [-0.4, -0.2) is 18.4 Å². The van der Waals surface area contributed by atoms with Crippen LogP contribution in [-0.2, 0) is 5.60 Å². The van der Waals surface area contributed by atoms with Crippen molar-refractivity contribution in [3.8, 4) is 0 Å². The van der Waals surface area contributed by atoms with E-state index in [-0.39, 0.29) is 0 Å². The van der Waals surface area contributed by atoms with Crippen LogP contribution in [0.4, 0.5) is 5.69 Å². The van der Waals surface area contributed by atoms with Crippen molar-refractivity contribution in [2.75, 3.05) is 12.8 Å². The Kier molecular flexibility index (Phi) is 4.71. The normalized spacial score (nSPS) is 12.3. The van der Waals surface area contributed by atoms with Gasteiger partial charge in [0, 0.05) is 34.5 Å². The van der Waals surface area contributed by atoms with Gasteiger partial charge in [-0.2, -0.15) is 0 Å². The molecule has 1 aromatic carbocycles. The van der Waals surface area contributed by atoms with Gasteiger partial charge in [-0.3, -0.25) is 4.99 Å². The van der Waals surface area contributed by atoms with Gasteiger partial charge in [0.25, 0.3) is 0 Å². The van der Waals surface area contributed by atoms with E-state index in [2.05, 4.69) is 20.9 Å². The molecule has 0 aliphatic rings. The number of aliphatic imine (C=N–C) groups is 1. The van der Waals surface area contributed by atoms with Crippen LogP contribution in [0.15, 0.2) is 21.6 Å². The van der Waals surface area contributed by atoms with E-state index in [1.54, 1.807) is 13.3 Å². The maximum Gasteiger partial charge on any atom is 0.0911 e. The van der Waals surface area contributed by atoms with E-state index in [9.17, 15) is 5.11 Å². The fourth-order valence-electron chi connectivity index (χ4n) is 1.91. The van der Waals surface area contributed by atoms with Gasteiger partial charge in [0.15, 0.2) is 0 Å². The standard InChI is InChI=1S/C13H19BrN2O/c1-4-13(17,5-2)10-6-7-11(14)9(8-16-3)12(10)15/h6-8,17H,4-5,15H2,1-3H3. The SMILES string of the molecule is CCC(O)(CC)c1ccc(Br)c(C=NC)c1N. The van der Waals surface area contributed by atoms with E-state index in [0.29, 0.717) is 18.5 Å². The lowest BCUT2D eigenvalue weighted by molar-refractivity contribution is 0.0291. The predicted octanol–water partition coefficient (Wildman–Crippen LogP) is 3.09. The van der Waals surface area contributed by atoms with E-state index >= 15 is 0 Å². The summed E-state index contributed by atoms with van der Waals surface area (Å²) < 4.78 is 0.888. The van der Waals surface area contributed by atoms with Gasteiger partial charge in [-0.1, -0.05) is 35.8 Å². The Morgan fingerprint density at radius 3 is 2.47 bits per heavy atom. The number of anilines is 1. The van der Waals surface area contributed by atoms with Crippen LogP contribution >= 0.6 is 15.9 Å². The zero-order valence-corrected chi connectivity index (χ0v) is 12.1. The monoisotopic (exact) mass is 298 g/mol. The van der Waals surface area contributed by atoms with Gasteiger partial charge in [-0.05, 0) is 18.9 Å². The zero-order valence-electron chi connectivity index (χ0n) is 10.5. The minimum atomic E-state index is -0.860. The molecule has 3 N–H and O–H groups in total. The fraction of sp³-hybridized carbons (Fsp3) is 0.462. The van der Waals surface area contributed by atoms with Gasteiger partial charge in [0.2, 0.25) is 0 Å². The third-order valence-corrected chi connectivity index (χ3v) is 3.85. The van der Waals surface area contributed by atoms with Crippen molar-refractivity contribution < 1.29 is 5.11 Å². The largest absolute Gasteiger partial charge is 0.398 e. The highest BCUT2D eigenvalue weighted by atomic mass is 79.9. The summed E-state index contributed by atoms with van der Waals surface area (Å²) in [4.78, 5) is 3.99. The Morgan fingerprint density at radius 2 is 2.00 bits per heavy atom. The van der Waals surface area contributed by atoms with E-state index in [0.717, 1.165) is 15.6 Å². The summed E-state index contributed by atoms with van der Waals surface area (Å²) >= 11 is 3.44. The van der Waals surface area contributed by atoms with E-state index in [1.165, 1.54) is 0 Å². The van der Waals surface area contributed by atoms with Crippen LogP contribution in [0.2, 0.25) is 0 Å². The van der Waals surface area contributed by atoms with Gasteiger partial charge >= 0.3 is 0 Å². The predicted molar refractivity (Wildman–Crippen MR) is 76.6 cm³/mol. The number of nitrogen functional groups attached to an aromatic ring is 1. The molecule has 0 bridgehead atoms. The molecule has 3 nitrogen and oxygen atoms in total. The lowest BCUT2D eigenvalue weighted by Crippen LogP contribution is -2.25. The lowest BCUT2D eigenvalue weighted by Gasteiger charge is -2.28. The molecule has 0 aliphatic carbocycles. The average molecular weight is 299 g/mol. The van der Waals surface area contributed by atoms with E-state index in [4.69, 9.17) is 5.73 Å². The highest BCUT2D eigenvalue weighted by molar-refractivity contribution is 9.10. The quantitative estimate of drug-likeness (QED) is 0.663. The summed E-state index contributed by atoms with van der Waals surface area (Å²) in [7, 11) is 1.70. The van der Waals surface area contributed by atoms with Crippen molar-refractivity contribution in [3.63, 3.8) is 0 Å². The molecule has 0 heterocycles. The number of hydrogen-bond donors (Lipinski definition) is 2. The Bertz CT molecular complexity index is 426. The number of nitrogens with zero attached hydrogens (tertiary/aromatic N) is 1. The smallest absolute Gasteiger partial charge is 0.0911 e. The number of halogens is 1. The minimum absolute atomic E-state index is 0.594. The molecule has 0 amide bonds. The van der Waals surface area contributed by atoms with Crippen LogP contribution < -0.4 is 5.73 Å². The first-order chi connectivity index (χ1) is 8.00. The Morgan fingerprint density at radius 1 is 1.41 bits per heavy atom. The summed E-state index contributed by atoms with van der Waals surface area (Å²) in [5, 5.41) is 10.5. The first kappa shape index (κ1) is 14.2. The summed E-state index contributed by atoms with van der Waals surface area (Å²) in [5.74, 6) is 0. The third-order valence-electron chi connectivity index (χ3n) is 3.16. The van der Waals surface area contributed by atoms with Crippen molar-refractivity contribution in [1.82, 2.24) is 0 Å². The maximum absolute atomic E-state index is 10.5. The molecular formula is C13H19BrN2O. The number of rotatable bonds is 4. The summed E-state index contributed by atoms with van der Waals surface area (Å²) in [6, 6.07) is 3.78. The van der Waals surface area contributed by atoms with Crippen molar-refractivity contribution in [2.24, 2.45) is 4.99 Å². The van der Waals surface area contributed by atoms with Gasteiger partial charge in [-0.25, -0.2) is 0 Å². The maximum atomic E-state index is 10.5. The van der Waals surface area contributed by atoms with Crippen molar-refractivity contribution >= 4 is 27.8 Å². The molecule has 0 aromatic heterocycles. The first-order valence-corrected chi connectivity index (χ1v) is 6.52. The van der Waals surface area contributed by atoms with Crippen molar-refractivity contribution in [2.45, 2.75) is 32.3 Å². The molecule has 94 valence electrons. The number of benzene rings is 1. The number of nitrogens with two attached hydrogens (primary N) is 1. The second-order valence-electron chi connectivity index (χ2n) is 4.05. The van der Waals surface area contributed by atoms with Crippen LogP contribution in [0.25, 0.3) is 0 Å². The minimum Gasteiger partial charge on any atom is -0.398 e. The van der Waals surface area contributed by atoms with Gasteiger partial charge < -0.3 is 10.8 Å². The number of aliphatic hydroxyl groups is 1. The molecule has 17 heavy (non-hydrogen) atoms. The summed E-state index contributed by atoms with van der Waals surface area (Å²) in [6.07, 6.45) is 2.98. The molecular weight excluding hydrogens is 280 g/mol. The molecule has 0 saturated carbocycles. The Hall–Kier alpha value is -0.870. The fourth-order valence-corrected chi connectivity index (χ4v) is 2.35. The van der Waals surface area contributed by atoms with Gasteiger partial charge in [-0.15, -0.1) is 0 Å². The lowest BCUT2D eigenvalue weighted by atomic mass is 9.86. The van der Waals surface area contributed by atoms with Crippen LogP contribution in [0.3, 0.4) is 0 Å². The van der Waals surface area contributed by atoms with E-state index < -0.39 is 5.60 Å². The molecule has 0 fully saturated rings. The molecule has 1 rings (SSSR count). The van der Waals surface area contributed by atoms with Crippen LogP contribution in [0.5, 0.6) is 0 Å². The zero-order chi connectivity index (χ0) is 13.1. The second kappa shape index (κ2) is 5.65. The highest BCUT2D eigenvalue weighted by Crippen LogP contribution is 2.36. The van der Waals surface area contributed by atoms with Crippen molar-refractivity contribution in [1.29, 1.82) is 0 Å². The van der Waals surface area contributed by atoms with Crippen molar-refractivity contribution in [3.05, 3.63) is 27.7 Å². The second-order valence-corrected chi connectivity index (χ2v) is 4.90.